The molecule has 1 aromatic carbocycles. The van der Waals surface area contributed by atoms with Gasteiger partial charge in [-0.15, -0.1) is 0 Å². The standard InChI is InChI=1S/C14H21NO3S.Na/c16-19(17,18)11-14(12-7-3-1-4-8-12)15-13-9-5-2-6-10-13;/h1,3-4,7-8,13-15H,2,5-6,9-11H2,(H,16,17,18);/q;+1/p-1. The quantitative estimate of drug-likeness (QED) is 0.571. The van der Waals surface area contributed by atoms with Crippen LogP contribution in [0.1, 0.15) is 43.7 Å². The van der Waals surface area contributed by atoms with Crippen molar-refractivity contribution in [2.45, 2.75) is 44.2 Å². The Balaban J connectivity index is 0.00000200. The van der Waals surface area contributed by atoms with Crippen LogP contribution in [0, 0.1) is 0 Å². The molecule has 0 aliphatic heterocycles. The molecule has 6 heteroatoms. The SMILES string of the molecule is O=S(=O)([O-])CC(NC1CCCCC1)c1ccccc1.[Na+]. The van der Waals surface area contributed by atoms with Crippen molar-refractivity contribution in [1.82, 2.24) is 5.32 Å². The Morgan fingerprint density at radius 1 is 1.15 bits per heavy atom. The zero-order chi connectivity index (χ0) is 13.7. The van der Waals surface area contributed by atoms with Crippen molar-refractivity contribution >= 4 is 10.1 Å². The van der Waals surface area contributed by atoms with E-state index in [9.17, 15) is 13.0 Å². The number of hydrogen-bond donors (Lipinski definition) is 1. The Labute approximate surface area is 143 Å². The molecule has 0 heterocycles. The van der Waals surface area contributed by atoms with Crippen molar-refractivity contribution in [2.75, 3.05) is 5.75 Å². The summed E-state index contributed by atoms with van der Waals surface area (Å²) in [5, 5.41) is 3.35. The second-order valence-electron chi connectivity index (χ2n) is 5.19. The molecule has 1 unspecified atom stereocenters. The van der Waals surface area contributed by atoms with Gasteiger partial charge in [-0.05, 0) is 18.4 Å². The van der Waals surface area contributed by atoms with Crippen LogP contribution < -0.4 is 34.9 Å². The van der Waals surface area contributed by atoms with Crippen LogP contribution in [0.15, 0.2) is 30.3 Å². The van der Waals surface area contributed by atoms with Crippen molar-refractivity contribution in [3.8, 4) is 0 Å². The van der Waals surface area contributed by atoms with Gasteiger partial charge in [-0.1, -0.05) is 49.6 Å². The van der Waals surface area contributed by atoms with Crippen LogP contribution in [0.3, 0.4) is 0 Å². The molecule has 0 saturated heterocycles. The molecule has 1 atom stereocenters. The topological polar surface area (TPSA) is 69.2 Å². The van der Waals surface area contributed by atoms with E-state index in [1.165, 1.54) is 19.3 Å². The normalized spacial score (nSPS) is 18.2. The Morgan fingerprint density at radius 3 is 2.30 bits per heavy atom. The maximum atomic E-state index is 11.1. The van der Waals surface area contributed by atoms with Gasteiger partial charge < -0.3 is 9.87 Å². The summed E-state index contributed by atoms with van der Waals surface area (Å²) in [6, 6.07) is 9.27. The zero-order valence-corrected chi connectivity index (χ0v) is 14.7. The number of rotatable bonds is 5. The molecule has 106 valence electrons. The van der Waals surface area contributed by atoms with Gasteiger partial charge in [0.1, 0.15) is 0 Å². The van der Waals surface area contributed by atoms with E-state index in [0.717, 1.165) is 18.4 Å². The predicted molar refractivity (Wildman–Crippen MR) is 73.8 cm³/mol. The van der Waals surface area contributed by atoms with Crippen molar-refractivity contribution in [3.05, 3.63) is 35.9 Å². The van der Waals surface area contributed by atoms with Gasteiger partial charge in [0.25, 0.3) is 0 Å². The number of hydrogen-bond acceptors (Lipinski definition) is 4. The maximum Gasteiger partial charge on any atom is 1.00 e. The second kappa shape index (κ2) is 8.51. The molecule has 1 aliphatic carbocycles. The fourth-order valence-electron chi connectivity index (χ4n) is 2.68. The first-order valence-electron chi connectivity index (χ1n) is 6.79. The van der Waals surface area contributed by atoms with Gasteiger partial charge in [-0.25, -0.2) is 8.42 Å². The van der Waals surface area contributed by atoms with Gasteiger partial charge >= 0.3 is 29.6 Å². The van der Waals surface area contributed by atoms with E-state index in [2.05, 4.69) is 5.32 Å². The first-order valence-corrected chi connectivity index (χ1v) is 8.37. The molecule has 1 saturated carbocycles. The van der Waals surface area contributed by atoms with E-state index in [0.29, 0.717) is 6.04 Å². The van der Waals surface area contributed by atoms with E-state index < -0.39 is 16.2 Å². The maximum absolute atomic E-state index is 11.1. The molecular formula is C14H20NNaO3S. The Kier molecular flexibility index (Phi) is 7.72. The largest absolute Gasteiger partial charge is 1.00 e. The molecule has 0 aromatic heterocycles. The summed E-state index contributed by atoms with van der Waals surface area (Å²) in [7, 11) is -4.23. The first kappa shape index (κ1) is 18.1. The summed E-state index contributed by atoms with van der Waals surface area (Å²) >= 11 is 0. The molecule has 4 nitrogen and oxygen atoms in total. The molecule has 20 heavy (non-hydrogen) atoms. The summed E-state index contributed by atoms with van der Waals surface area (Å²) in [4.78, 5) is 0. The van der Waals surface area contributed by atoms with Gasteiger partial charge in [-0.3, -0.25) is 0 Å². The van der Waals surface area contributed by atoms with E-state index in [4.69, 9.17) is 0 Å². The smallest absolute Gasteiger partial charge is 0.748 e. The van der Waals surface area contributed by atoms with Crippen LogP contribution in [0.25, 0.3) is 0 Å². The monoisotopic (exact) mass is 305 g/mol. The van der Waals surface area contributed by atoms with E-state index in [1.807, 2.05) is 30.3 Å². The van der Waals surface area contributed by atoms with Crippen LogP contribution >= 0.6 is 0 Å². The summed E-state index contributed by atoms with van der Waals surface area (Å²) in [5.74, 6) is -0.381. The van der Waals surface area contributed by atoms with Gasteiger partial charge in [0.2, 0.25) is 0 Å². The van der Waals surface area contributed by atoms with Crippen LogP contribution in [-0.4, -0.2) is 24.8 Å². The molecule has 1 fully saturated rings. The van der Waals surface area contributed by atoms with E-state index in [1.54, 1.807) is 0 Å². The third kappa shape index (κ3) is 6.24. The summed E-state index contributed by atoms with van der Waals surface area (Å²) in [6.45, 7) is 0. The Morgan fingerprint density at radius 2 is 1.75 bits per heavy atom. The van der Waals surface area contributed by atoms with E-state index in [-0.39, 0.29) is 35.3 Å². The third-order valence-electron chi connectivity index (χ3n) is 3.61. The van der Waals surface area contributed by atoms with Crippen molar-refractivity contribution < 1.29 is 42.5 Å². The molecule has 1 aliphatic rings. The second-order valence-corrected chi connectivity index (χ2v) is 6.64. The first-order chi connectivity index (χ1) is 9.04. The Hall–Kier alpha value is 0.0900. The Bertz CT molecular complexity index is 486. The van der Waals surface area contributed by atoms with Crippen LogP contribution in [-0.2, 0) is 10.1 Å². The van der Waals surface area contributed by atoms with Gasteiger partial charge in [0, 0.05) is 12.1 Å². The van der Waals surface area contributed by atoms with Crippen LogP contribution in [0.5, 0.6) is 0 Å². The third-order valence-corrected chi connectivity index (χ3v) is 4.36. The summed E-state index contributed by atoms with van der Waals surface area (Å²) < 4.78 is 33.2. The van der Waals surface area contributed by atoms with Gasteiger partial charge in [0.15, 0.2) is 0 Å². The van der Waals surface area contributed by atoms with E-state index >= 15 is 0 Å². The van der Waals surface area contributed by atoms with Gasteiger partial charge in [0.05, 0.1) is 15.9 Å². The van der Waals surface area contributed by atoms with Crippen LogP contribution in [0.4, 0.5) is 0 Å². The average molecular weight is 305 g/mol. The summed E-state index contributed by atoms with van der Waals surface area (Å²) in [6.07, 6.45) is 5.70. The van der Waals surface area contributed by atoms with Crippen LogP contribution in [0.2, 0.25) is 0 Å². The fourth-order valence-corrected chi connectivity index (χ4v) is 3.38. The van der Waals surface area contributed by atoms with Crippen molar-refractivity contribution in [1.29, 1.82) is 0 Å². The number of benzene rings is 1. The minimum Gasteiger partial charge on any atom is -0.748 e. The molecule has 0 bridgehead atoms. The predicted octanol–water partition coefficient (Wildman–Crippen LogP) is -0.801. The zero-order valence-electron chi connectivity index (χ0n) is 11.9. The molecular weight excluding hydrogens is 285 g/mol. The van der Waals surface area contributed by atoms with Crippen molar-refractivity contribution in [3.63, 3.8) is 0 Å². The molecule has 0 spiro atoms. The molecule has 1 N–H and O–H groups in total. The summed E-state index contributed by atoms with van der Waals surface area (Å²) in [5.41, 5.74) is 0.868. The number of nitrogens with one attached hydrogen (secondary N) is 1. The minimum atomic E-state index is -4.23. The molecule has 0 amide bonds. The average Bonchev–Trinajstić information content (AvgIpc) is 2.39. The fraction of sp³-hybridized carbons (Fsp3) is 0.571. The van der Waals surface area contributed by atoms with Gasteiger partial charge in [-0.2, -0.15) is 0 Å². The minimum absolute atomic E-state index is 0. The molecule has 0 radical (unpaired) electrons. The van der Waals surface area contributed by atoms with Crippen molar-refractivity contribution in [2.24, 2.45) is 0 Å². The molecule has 2 rings (SSSR count). The molecule has 1 aromatic rings.